The SMILES string of the molecule is CCc1cc2cc3nc(cc4nc(cc5c(-c6ccccc6)c(CC)c(c(CC)c1[nH]2)n5CC)C=C4)C=C3. The highest BCUT2D eigenvalue weighted by molar-refractivity contribution is 5.95. The van der Waals surface area contributed by atoms with E-state index in [0.717, 1.165) is 54.1 Å². The first-order chi connectivity index (χ1) is 18.6. The lowest BCUT2D eigenvalue weighted by molar-refractivity contribution is 0.818. The number of hydrogen-bond donors (Lipinski definition) is 1. The standard InChI is InChI=1S/C34H34N4/c1-5-22-18-28-20-26-15-14-24(35-26)19-25-16-17-27(36-25)21-31-32(23-12-10-9-11-13-23)29(6-2)34(38(31)8-4)30(7-3)33(22)37-28/h9-21,37H,5-8H2,1-4H3. The summed E-state index contributed by atoms with van der Waals surface area (Å²) >= 11 is 0. The summed E-state index contributed by atoms with van der Waals surface area (Å²) in [5.74, 6) is 0. The molecule has 1 N–H and O–H groups in total. The molecule has 0 aliphatic carbocycles. The van der Waals surface area contributed by atoms with E-state index in [1.54, 1.807) is 0 Å². The van der Waals surface area contributed by atoms with Gasteiger partial charge in [-0.2, -0.15) is 0 Å². The number of benzene rings is 1. The van der Waals surface area contributed by atoms with Gasteiger partial charge in [0.15, 0.2) is 0 Å². The van der Waals surface area contributed by atoms with Crippen molar-refractivity contribution < 1.29 is 0 Å². The molecule has 0 saturated carbocycles. The van der Waals surface area contributed by atoms with Gasteiger partial charge in [0.25, 0.3) is 0 Å². The van der Waals surface area contributed by atoms with Crippen LogP contribution in [0.4, 0.5) is 0 Å². The number of aromatic amines is 1. The molecule has 4 aromatic rings. The Balaban J connectivity index is 1.88. The Labute approximate surface area is 224 Å². The summed E-state index contributed by atoms with van der Waals surface area (Å²) < 4.78 is 2.51. The van der Waals surface area contributed by atoms with Crippen molar-refractivity contribution in [3.05, 3.63) is 94.1 Å². The largest absolute Gasteiger partial charge is 0.355 e. The normalized spacial score (nSPS) is 12.4. The van der Waals surface area contributed by atoms with Gasteiger partial charge in [0.2, 0.25) is 0 Å². The van der Waals surface area contributed by atoms with Crippen molar-refractivity contribution in [3.63, 3.8) is 0 Å². The molecule has 3 aromatic heterocycles. The number of nitrogens with one attached hydrogen (secondary N) is 1. The van der Waals surface area contributed by atoms with Crippen LogP contribution in [-0.4, -0.2) is 19.5 Å². The summed E-state index contributed by atoms with van der Waals surface area (Å²) in [6, 6.07) is 19.6. The van der Waals surface area contributed by atoms with Crippen LogP contribution >= 0.6 is 0 Å². The monoisotopic (exact) mass is 498 g/mol. The predicted molar refractivity (Wildman–Crippen MR) is 162 cm³/mol. The topological polar surface area (TPSA) is 46.5 Å². The molecule has 4 heteroatoms. The lowest BCUT2D eigenvalue weighted by Crippen LogP contribution is -1.98. The third-order valence-corrected chi connectivity index (χ3v) is 7.63. The summed E-state index contributed by atoms with van der Waals surface area (Å²) in [6.07, 6.45) is 11.2. The number of hydrogen-bond acceptors (Lipinski definition) is 2. The van der Waals surface area contributed by atoms with Gasteiger partial charge in [-0.25, -0.2) is 9.97 Å². The van der Waals surface area contributed by atoms with Crippen LogP contribution in [0.3, 0.4) is 0 Å². The summed E-state index contributed by atoms with van der Waals surface area (Å²) in [6.45, 7) is 9.94. The van der Waals surface area contributed by atoms with Gasteiger partial charge in [0.1, 0.15) is 0 Å². The highest BCUT2D eigenvalue weighted by Crippen LogP contribution is 2.38. The highest BCUT2D eigenvalue weighted by Gasteiger charge is 2.20. The second-order valence-corrected chi connectivity index (χ2v) is 9.88. The molecule has 5 heterocycles. The van der Waals surface area contributed by atoms with Gasteiger partial charge in [-0.05, 0) is 97.0 Å². The van der Waals surface area contributed by atoms with Crippen LogP contribution in [0, 0.1) is 0 Å². The third kappa shape index (κ3) is 4.10. The van der Waals surface area contributed by atoms with Gasteiger partial charge in [0.05, 0.1) is 33.8 Å². The molecule has 0 radical (unpaired) electrons. The molecular weight excluding hydrogens is 464 g/mol. The van der Waals surface area contributed by atoms with Gasteiger partial charge in [0, 0.05) is 23.1 Å². The van der Waals surface area contributed by atoms with E-state index in [9.17, 15) is 0 Å². The second kappa shape index (κ2) is 9.94. The fourth-order valence-electron chi connectivity index (χ4n) is 5.96. The Morgan fingerprint density at radius 2 is 1.32 bits per heavy atom. The zero-order valence-corrected chi connectivity index (χ0v) is 22.7. The average Bonchev–Trinajstić information content (AvgIpc) is 3.72. The summed E-state index contributed by atoms with van der Waals surface area (Å²) in [5.41, 5.74) is 15.3. The molecule has 2 aliphatic rings. The van der Waals surface area contributed by atoms with Crippen LogP contribution in [0.15, 0.2) is 54.6 Å². The minimum atomic E-state index is 0.879. The van der Waals surface area contributed by atoms with E-state index in [-0.39, 0.29) is 0 Å². The molecule has 1 aromatic carbocycles. The molecule has 0 unspecified atom stereocenters. The van der Waals surface area contributed by atoms with Gasteiger partial charge >= 0.3 is 0 Å². The molecule has 0 saturated heterocycles. The Hall–Kier alpha value is -4.18. The Morgan fingerprint density at radius 1 is 0.684 bits per heavy atom. The van der Waals surface area contributed by atoms with Gasteiger partial charge < -0.3 is 9.55 Å². The average molecular weight is 499 g/mol. The van der Waals surface area contributed by atoms with Crippen LogP contribution in [0.1, 0.15) is 67.2 Å². The van der Waals surface area contributed by atoms with Crippen molar-refractivity contribution in [1.82, 2.24) is 19.5 Å². The first-order valence-electron chi connectivity index (χ1n) is 13.8. The van der Waals surface area contributed by atoms with Crippen LogP contribution in [0.2, 0.25) is 0 Å². The molecular formula is C34H34N4. The van der Waals surface area contributed by atoms with E-state index >= 15 is 0 Å². The molecule has 0 fully saturated rings. The third-order valence-electron chi connectivity index (χ3n) is 7.63. The Bertz CT molecular complexity index is 1750. The Morgan fingerprint density at radius 3 is 1.92 bits per heavy atom. The van der Waals surface area contributed by atoms with Gasteiger partial charge in [-0.3, -0.25) is 0 Å². The second-order valence-electron chi connectivity index (χ2n) is 9.88. The van der Waals surface area contributed by atoms with E-state index in [0.29, 0.717) is 0 Å². The lowest BCUT2D eigenvalue weighted by atomic mass is 9.97. The van der Waals surface area contributed by atoms with Crippen molar-refractivity contribution in [2.24, 2.45) is 0 Å². The number of nitrogens with zero attached hydrogens (tertiary/aromatic N) is 3. The number of fused-ring (bicyclic) bond motifs is 8. The maximum absolute atomic E-state index is 4.96. The number of aromatic nitrogens is 4. The zero-order chi connectivity index (χ0) is 26.2. The fourth-order valence-corrected chi connectivity index (χ4v) is 5.96. The summed E-state index contributed by atoms with van der Waals surface area (Å²) in [4.78, 5) is 13.6. The molecule has 0 atom stereocenters. The van der Waals surface area contributed by atoms with Gasteiger partial charge in [-0.1, -0.05) is 51.1 Å². The van der Waals surface area contributed by atoms with E-state index in [4.69, 9.17) is 9.97 Å². The van der Waals surface area contributed by atoms with Crippen LogP contribution in [-0.2, 0) is 25.8 Å². The van der Waals surface area contributed by atoms with E-state index < -0.39 is 0 Å². The minimum absolute atomic E-state index is 0.879. The quantitative estimate of drug-likeness (QED) is 0.259. The molecule has 8 bridgehead atoms. The molecule has 6 rings (SSSR count). The maximum Gasteiger partial charge on any atom is 0.0659 e. The first-order valence-corrected chi connectivity index (χ1v) is 13.8. The van der Waals surface area contributed by atoms with Gasteiger partial charge in [-0.15, -0.1) is 0 Å². The van der Waals surface area contributed by atoms with Crippen molar-refractivity contribution >= 4 is 46.4 Å². The van der Waals surface area contributed by atoms with E-state index in [1.807, 2.05) is 0 Å². The lowest BCUT2D eigenvalue weighted by Gasteiger charge is -2.09. The highest BCUT2D eigenvalue weighted by atomic mass is 15.0. The summed E-state index contributed by atoms with van der Waals surface area (Å²) in [7, 11) is 0. The van der Waals surface area contributed by atoms with Crippen molar-refractivity contribution in [2.75, 3.05) is 0 Å². The molecule has 0 amide bonds. The molecule has 2 aliphatic heterocycles. The minimum Gasteiger partial charge on any atom is -0.355 e. The summed E-state index contributed by atoms with van der Waals surface area (Å²) in [5, 5.41) is 0. The molecule has 0 spiro atoms. The van der Waals surface area contributed by atoms with Crippen molar-refractivity contribution in [2.45, 2.75) is 53.5 Å². The van der Waals surface area contributed by atoms with E-state index in [2.05, 4.69) is 116 Å². The molecule has 38 heavy (non-hydrogen) atoms. The van der Waals surface area contributed by atoms with Crippen LogP contribution < -0.4 is 0 Å². The zero-order valence-electron chi connectivity index (χ0n) is 22.7. The Kier molecular flexibility index (Phi) is 6.32. The molecule has 4 nitrogen and oxygen atoms in total. The van der Waals surface area contributed by atoms with E-state index in [1.165, 1.54) is 44.4 Å². The smallest absolute Gasteiger partial charge is 0.0659 e. The first kappa shape index (κ1) is 24.2. The molecule has 190 valence electrons. The van der Waals surface area contributed by atoms with Crippen molar-refractivity contribution in [3.8, 4) is 11.1 Å². The number of H-pyrrole nitrogens is 1. The fraction of sp³-hybridized carbons (Fsp3) is 0.235. The predicted octanol–water partition coefficient (Wildman–Crippen LogP) is 8.50. The number of rotatable bonds is 5. The number of aryl methyl sites for hydroxylation is 4. The van der Waals surface area contributed by atoms with Crippen LogP contribution in [0.25, 0.3) is 57.5 Å². The maximum atomic E-state index is 4.96. The van der Waals surface area contributed by atoms with Crippen LogP contribution in [0.5, 0.6) is 0 Å². The van der Waals surface area contributed by atoms with Crippen molar-refractivity contribution in [1.29, 1.82) is 0 Å².